The Kier molecular flexibility index (Phi) is 4.18. The first kappa shape index (κ1) is 17.5. The Balaban J connectivity index is 2.16. The van der Waals surface area contributed by atoms with Gasteiger partial charge in [0.1, 0.15) is 11.6 Å². The lowest BCUT2D eigenvalue weighted by Crippen LogP contribution is -2.38. The quantitative estimate of drug-likeness (QED) is 0.318. The number of amides is 1. The van der Waals surface area contributed by atoms with E-state index in [-0.39, 0.29) is 11.3 Å². The van der Waals surface area contributed by atoms with Gasteiger partial charge in [-0.05, 0) is 30.3 Å². The Morgan fingerprint density at radius 3 is 2.46 bits per heavy atom. The number of aromatic hydroxyl groups is 3. The summed E-state index contributed by atoms with van der Waals surface area (Å²) in [5.74, 6) is -6.40. The molecule has 3 rings (SSSR count). The molecule has 8 nitrogen and oxygen atoms in total. The summed E-state index contributed by atoms with van der Waals surface area (Å²) in [5, 5.41) is 40.3. The van der Waals surface area contributed by atoms with Gasteiger partial charge in [0.05, 0.1) is 5.56 Å². The summed E-state index contributed by atoms with van der Waals surface area (Å²) in [6.07, 6.45) is 1.05. The predicted molar refractivity (Wildman–Crippen MR) is 85.2 cm³/mol. The number of nitrogens with one attached hydrogen (secondary N) is 1. The highest BCUT2D eigenvalue weighted by molar-refractivity contribution is 5.73. The molecule has 9 heteroatoms. The molecule has 1 unspecified atom stereocenters. The molecule has 0 saturated heterocycles. The van der Waals surface area contributed by atoms with Crippen LogP contribution in [0.5, 0.6) is 23.0 Å². The third-order valence-corrected chi connectivity index (χ3v) is 3.61. The maximum atomic E-state index is 13.1. The van der Waals surface area contributed by atoms with Crippen LogP contribution in [-0.2, 0) is 15.4 Å². The van der Waals surface area contributed by atoms with Gasteiger partial charge in [0.15, 0.2) is 11.5 Å². The van der Waals surface area contributed by atoms with Crippen LogP contribution in [0.1, 0.15) is 18.1 Å². The molecule has 0 aliphatic carbocycles. The average molecular weight is 363 g/mol. The first-order valence-corrected chi connectivity index (χ1v) is 7.33. The number of ether oxygens (including phenoxy) is 1. The summed E-state index contributed by atoms with van der Waals surface area (Å²) in [4.78, 5) is 16.1. The fraction of sp³-hybridized carbons (Fsp3) is 0.118. The zero-order valence-electron chi connectivity index (χ0n) is 13.4. The largest absolute Gasteiger partial charge is 0.504 e. The summed E-state index contributed by atoms with van der Waals surface area (Å²) in [6, 6.07) is 5.91. The predicted octanol–water partition coefficient (Wildman–Crippen LogP) is 1.59. The van der Waals surface area contributed by atoms with E-state index in [1.165, 1.54) is 12.1 Å². The normalized spacial score (nSPS) is 18.5. The molecule has 0 aromatic heterocycles. The summed E-state index contributed by atoms with van der Waals surface area (Å²) < 4.78 is 18.6. The number of hydrogen-bond acceptors (Lipinski definition) is 7. The van der Waals surface area contributed by atoms with Crippen molar-refractivity contribution in [2.45, 2.75) is 12.7 Å². The number of halogens is 1. The number of fused-ring (bicyclic) bond motifs is 1. The molecule has 1 amide bonds. The van der Waals surface area contributed by atoms with Gasteiger partial charge in [0.25, 0.3) is 0 Å². The minimum absolute atomic E-state index is 0.0502. The highest BCUT2D eigenvalue weighted by atomic mass is 19.1. The molecule has 0 saturated carbocycles. The van der Waals surface area contributed by atoms with Crippen molar-refractivity contribution in [1.82, 2.24) is 5.48 Å². The second-order valence-corrected chi connectivity index (χ2v) is 5.54. The highest BCUT2D eigenvalue weighted by Crippen LogP contribution is 2.52. The van der Waals surface area contributed by atoms with Gasteiger partial charge in [0, 0.05) is 18.6 Å². The highest BCUT2D eigenvalue weighted by Gasteiger charge is 2.41. The van der Waals surface area contributed by atoms with Gasteiger partial charge >= 0.3 is 0 Å². The van der Waals surface area contributed by atoms with Crippen molar-refractivity contribution in [2.24, 2.45) is 0 Å². The van der Waals surface area contributed by atoms with E-state index in [2.05, 4.69) is 0 Å². The van der Waals surface area contributed by atoms with Gasteiger partial charge in [-0.15, -0.1) is 0 Å². The van der Waals surface area contributed by atoms with Crippen LogP contribution >= 0.6 is 0 Å². The molecule has 1 heterocycles. The molecular weight excluding hydrogens is 349 g/mol. The molecule has 0 spiro atoms. The summed E-state index contributed by atoms with van der Waals surface area (Å²) in [5.41, 5.74) is 2.00. The molecule has 5 N–H and O–H groups in total. The number of rotatable bonds is 3. The third kappa shape index (κ3) is 3.01. The molecule has 0 radical (unpaired) electrons. The number of aliphatic hydroxyl groups is 1. The second-order valence-electron chi connectivity index (χ2n) is 5.54. The fourth-order valence-electron chi connectivity index (χ4n) is 2.38. The molecule has 26 heavy (non-hydrogen) atoms. The van der Waals surface area contributed by atoms with E-state index in [0.717, 1.165) is 31.2 Å². The van der Waals surface area contributed by atoms with Crippen LogP contribution in [0.2, 0.25) is 0 Å². The number of hydroxylamine groups is 1. The Bertz CT molecular complexity index is 910. The number of phenolic OH excluding ortho intramolecular Hbond substituents is 3. The van der Waals surface area contributed by atoms with Crippen molar-refractivity contribution in [2.75, 3.05) is 0 Å². The number of carbonyl (C=O) groups excluding carboxylic acids is 1. The van der Waals surface area contributed by atoms with Crippen LogP contribution in [0.3, 0.4) is 0 Å². The Morgan fingerprint density at radius 1 is 1.19 bits per heavy atom. The second kappa shape index (κ2) is 6.21. The van der Waals surface area contributed by atoms with E-state index in [0.29, 0.717) is 5.56 Å². The first-order valence-electron chi connectivity index (χ1n) is 7.33. The molecule has 0 bridgehead atoms. The fourth-order valence-corrected chi connectivity index (χ4v) is 2.38. The minimum Gasteiger partial charge on any atom is -0.504 e. The van der Waals surface area contributed by atoms with Crippen LogP contribution in [0.4, 0.5) is 4.39 Å². The summed E-state index contributed by atoms with van der Waals surface area (Å²) >= 11 is 0. The molecule has 136 valence electrons. The van der Waals surface area contributed by atoms with E-state index in [4.69, 9.17) is 9.57 Å². The average Bonchev–Trinajstić information content (AvgIpc) is 2.60. The maximum absolute atomic E-state index is 13.1. The van der Waals surface area contributed by atoms with E-state index >= 15 is 0 Å². The first-order chi connectivity index (χ1) is 12.2. The lowest BCUT2D eigenvalue weighted by atomic mass is 9.98. The van der Waals surface area contributed by atoms with Crippen molar-refractivity contribution in [1.29, 1.82) is 0 Å². The molecule has 2 aromatic carbocycles. The van der Waals surface area contributed by atoms with Gasteiger partial charge in [-0.1, -0.05) is 0 Å². The Hall–Kier alpha value is -3.30. The molecular formula is C17H14FNO7. The lowest BCUT2D eigenvalue weighted by molar-refractivity contribution is -0.217. The van der Waals surface area contributed by atoms with Gasteiger partial charge in [-0.3, -0.25) is 4.79 Å². The lowest BCUT2D eigenvalue weighted by Gasteiger charge is -2.32. The monoisotopic (exact) mass is 363 g/mol. The SMILES string of the molecule is CC(=O)NOC1(O)C=C(c2ccc(F)cc2)Oc2c1cc(O)c(O)c2O. The van der Waals surface area contributed by atoms with Crippen LogP contribution in [0.25, 0.3) is 5.76 Å². The standard InChI is InChI=1S/C17H14FNO7/c1-8(20)19-26-17(24)7-13(9-2-4-10(18)5-3-9)25-16-11(17)6-12(21)14(22)15(16)23/h2-7,21-24H,1H3,(H,19,20). The van der Waals surface area contributed by atoms with E-state index in [1.807, 2.05) is 5.48 Å². The van der Waals surface area contributed by atoms with Crippen LogP contribution in [-0.4, -0.2) is 26.3 Å². The Morgan fingerprint density at radius 2 is 1.85 bits per heavy atom. The van der Waals surface area contributed by atoms with Crippen molar-refractivity contribution in [3.8, 4) is 23.0 Å². The zero-order chi connectivity index (χ0) is 19.1. The van der Waals surface area contributed by atoms with E-state index in [1.54, 1.807) is 0 Å². The van der Waals surface area contributed by atoms with Gasteiger partial charge in [0.2, 0.25) is 23.2 Å². The van der Waals surface area contributed by atoms with Gasteiger partial charge < -0.3 is 25.2 Å². The minimum atomic E-state index is -2.36. The van der Waals surface area contributed by atoms with Crippen molar-refractivity contribution >= 4 is 11.7 Å². The maximum Gasteiger partial charge on any atom is 0.244 e. The summed E-state index contributed by atoms with van der Waals surface area (Å²) in [6.45, 7) is 1.14. The summed E-state index contributed by atoms with van der Waals surface area (Å²) in [7, 11) is 0. The van der Waals surface area contributed by atoms with E-state index < -0.39 is 40.5 Å². The molecule has 1 aliphatic rings. The number of carbonyl (C=O) groups is 1. The van der Waals surface area contributed by atoms with Crippen LogP contribution < -0.4 is 10.2 Å². The topological polar surface area (TPSA) is 128 Å². The van der Waals surface area contributed by atoms with Crippen LogP contribution in [0.15, 0.2) is 36.4 Å². The number of hydrogen-bond donors (Lipinski definition) is 5. The van der Waals surface area contributed by atoms with E-state index in [9.17, 15) is 29.6 Å². The zero-order valence-corrected chi connectivity index (χ0v) is 13.4. The van der Waals surface area contributed by atoms with Gasteiger partial charge in [-0.2, -0.15) is 0 Å². The van der Waals surface area contributed by atoms with Crippen molar-refractivity contribution in [3.05, 3.63) is 53.4 Å². The van der Waals surface area contributed by atoms with Crippen molar-refractivity contribution < 1.29 is 39.2 Å². The Labute approximate surface area is 146 Å². The molecule has 0 fully saturated rings. The molecule has 2 aromatic rings. The third-order valence-electron chi connectivity index (χ3n) is 3.61. The number of phenols is 3. The number of benzene rings is 2. The molecule has 1 atom stereocenters. The van der Waals surface area contributed by atoms with Gasteiger partial charge in [-0.25, -0.2) is 14.7 Å². The molecule has 1 aliphatic heterocycles. The van der Waals surface area contributed by atoms with Crippen LogP contribution in [0, 0.1) is 5.82 Å². The smallest absolute Gasteiger partial charge is 0.244 e. The van der Waals surface area contributed by atoms with Crippen molar-refractivity contribution in [3.63, 3.8) is 0 Å².